The Labute approximate surface area is 130 Å². The highest BCUT2D eigenvalue weighted by atomic mass is 15.3. The van der Waals surface area contributed by atoms with Crippen molar-refractivity contribution in [2.75, 3.05) is 33.2 Å². The van der Waals surface area contributed by atoms with Crippen LogP contribution in [0, 0.1) is 0 Å². The van der Waals surface area contributed by atoms with Crippen LogP contribution >= 0.6 is 0 Å². The minimum atomic E-state index is 0.565. The van der Waals surface area contributed by atoms with Crippen LogP contribution < -0.4 is 5.32 Å². The third-order valence-electron chi connectivity index (χ3n) is 4.50. The van der Waals surface area contributed by atoms with Crippen LogP contribution in [0.15, 0.2) is 24.3 Å². The molecule has 0 spiro atoms. The molecule has 1 unspecified atom stereocenters. The summed E-state index contributed by atoms with van der Waals surface area (Å²) >= 11 is 0. The first-order valence-electron chi connectivity index (χ1n) is 8.29. The van der Waals surface area contributed by atoms with Gasteiger partial charge in [0, 0.05) is 38.3 Å². The standard InChI is InChI=1S/C18H31N3/c1-15(2)19-10-9-17-7-5-6-8-18(17)14-21-12-11-20(4)16(3)13-21/h5-8,15-16,19H,9-14H2,1-4H3. The predicted molar refractivity (Wildman–Crippen MR) is 90.7 cm³/mol. The fraction of sp³-hybridized carbons (Fsp3) is 0.667. The molecule has 118 valence electrons. The van der Waals surface area contributed by atoms with E-state index in [0.29, 0.717) is 12.1 Å². The molecule has 0 saturated carbocycles. The van der Waals surface area contributed by atoms with Crippen molar-refractivity contribution < 1.29 is 0 Å². The predicted octanol–water partition coefficient (Wildman–Crippen LogP) is 2.36. The topological polar surface area (TPSA) is 18.5 Å². The van der Waals surface area contributed by atoms with Gasteiger partial charge in [0.15, 0.2) is 0 Å². The molecule has 1 N–H and O–H groups in total. The molecular weight excluding hydrogens is 258 g/mol. The van der Waals surface area contributed by atoms with E-state index in [9.17, 15) is 0 Å². The number of nitrogens with zero attached hydrogens (tertiary/aromatic N) is 2. The molecule has 21 heavy (non-hydrogen) atoms. The van der Waals surface area contributed by atoms with Crippen LogP contribution in [0.5, 0.6) is 0 Å². The fourth-order valence-corrected chi connectivity index (χ4v) is 2.96. The van der Waals surface area contributed by atoms with Gasteiger partial charge in [-0.05, 0) is 38.1 Å². The summed E-state index contributed by atoms with van der Waals surface area (Å²) in [6, 6.07) is 10.2. The minimum Gasteiger partial charge on any atom is -0.314 e. The maximum Gasteiger partial charge on any atom is 0.0237 e. The van der Waals surface area contributed by atoms with Gasteiger partial charge >= 0.3 is 0 Å². The number of piperazine rings is 1. The van der Waals surface area contributed by atoms with Crippen LogP contribution in [0.1, 0.15) is 31.9 Å². The Kier molecular flexibility index (Phi) is 6.22. The number of rotatable bonds is 6. The Hall–Kier alpha value is -0.900. The smallest absolute Gasteiger partial charge is 0.0237 e. The number of nitrogens with one attached hydrogen (secondary N) is 1. The highest BCUT2D eigenvalue weighted by Crippen LogP contribution is 2.15. The van der Waals surface area contributed by atoms with Crippen molar-refractivity contribution in [2.45, 2.75) is 45.8 Å². The van der Waals surface area contributed by atoms with E-state index in [1.54, 1.807) is 0 Å². The Morgan fingerprint density at radius 1 is 1.19 bits per heavy atom. The molecule has 0 radical (unpaired) electrons. The molecule has 1 atom stereocenters. The normalized spacial score (nSPS) is 21.1. The Balaban J connectivity index is 1.93. The number of likely N-dealkylation sites (N-methyl/N-ethyl adjacent to an activating group) is 1. The average Bonchev–Trinajstić information content (AvgIpc) is 2.44. The second-order valence-electron chi connectivity index (χ2n) is 6.69. The van der Waals surface area contributed by atoms with Gasteiger partial charge in [-0.25, -0.2) is 0 Å². The zero-order chi connectivity index (χ0) is 15.2. The van der Waals surface area contributed by atoms with Gasteiger partial charge in [0.05, 0.1) is 0 Å². The molecule has 0 aliphatic carbocycles. The average molecular weight is 289 g/mol. The third-order valence-corrected chi connectivity index (χ3v) is 4.50. The molecule has 1 saturated heterocycles. The Morgan fingerprint density at radius 2 is 1.90 bits per heavy atom. The maximum absolute atomic E-state index is 3.52. The molecule has 1 aliphatic rings. The van der Waals surface area contributed by atoms with Gasteiger partial charge in [0.25, 0.3) is 0 Å². The molecule has 3 nitrogen and oxygen atoms in total. The molecule has 1 fully saturated rings. The Morgan fingerprint density at radius 3 is 2.57 bits per heavy atom. The van der Waals surface area contributed by atoms with Crippen molar-refractivity contribution in [3.05, 3.63) is 35.4 Å². The summed E-state index contributed by atoms with van der Waals surface area (Å²) in [5.74, 6) is 0. The monoisotopic (exact) mass is 289 g/mol. The zero-order valence-electron chi connectivity index (χ0n) is 14.1. The SMILES string of the molecule is CC(C)NCCc1ccccc1CN1CCN(C)C(C)C1. The summed E-state index contributed by atoms with van der Waals surface area (Å²) in [5.41, 5.74) is 3.00. The quantitative estimate of drug-likeness (QED) is 0.867. The lowest BCUT2D eigenvalue weighted by atomic mass is 10.0. The van der Waals surface area contributed by atoms with Gasteiger partial charge in [0.2, 0.25) is 0 Å². The highest BCUT2D eigenvalue weighted by Gasteiger charge is 2.20. The van der Waals surface area contributed by atoms with Crippen LogP contribution in [0.2, 0.25) is 0 Å². The lowest BCUT2D eigenvalue weighted by molar-refractivity contribution is 0.0998. The van der Waals surface area contributed by atoms with Gasteiger partial charge in [-0.1, -0.05) is 38.1 Å². The lowest BCUT2D eigenvalue weighted by Gasteiger charge is -2.38. The van der Waals surface area contributed by atoms with E-state index < -0.39 is 0 Å². The molecule has 0 bridgehead atoms. The number of hydrogen-bond acceptors (Lipinski definition) is 3. The van der Waals surface area contributed by atoms with E-state index in [-0.39, 0.29) is 0 Å². The van der Waals surface area contributed by atoms with Gasteiger partial charge < -0.3 is 10.2 Å². The third kappa shape index (κ3) is 5.10. The molecule has 1 aromatic carbocycles. The van der Waals surface area contributed by atoms with E-state index in [1.807, 2.05) is 0 Å². The van der Waals surface area contributed by atoms with Crippen molar-refractivity contribution in [3.63, 3.8) is 0 Å². The van der Waals surface area contributed by atoms with E-state index in [1.165, 1.54) is 30.8 Å². The summed E-state index contributed by atoms with van der Waals surface area (Å²) in [7, 11) is 2.23. The summed E-state index contributed by atoms with van der Waals surface area (Å²) in [4.78, 5) is 5.05. The molecule has 1 heterocycles. The number of benzene rings is 1. The summed E-state index contributed by atoms with van der Waals surface area (Å²) in [6.45, 7) is 12.4. The molecule has 1 aliphatic heterocycles. The maximum atomic E-state index is 3.52. The summed E-state index contributed by atoms with van der Waals surface area (Å²) in [5, 5.41) is 3.52. The summed E-state index contributed by atoms with van der Waals surface area (Å²) < 4.78 is 0. The van der Waals surface area contributed by atoms with Crippen molar-refractivity contribution in [3.8, 4) is 0 Å². The van der Waals surface area contributed by atoms with Crippen molar-refractivity contribution >= 4 is 0 Å². The largest absolute Gasteiger partial charge is 0.314 e. The molecule has 1 aromatic rings. The van der Waals surface area contributed by atoms with Gasteiger partial charge in [-0.15, -0.1) is 0 Å². The molecule has 0 amide bonds. The second-order valence-corrected chi connectivity index (χ2v) is 6.69. The van der Waals surface area contributed by atoms with E-state index in [4.69, 9.17) is 0 Å². The first-order valence-corrected chi connectivity index (χ1v) is 8.29. The zero-order valence-corrected chi connectivity index (χ0v) is 14.1. The first kappa shape index (κ1) is 16.5. The molecule has 2 rings (SSSR count). The van der Waals surface area contributed by atoms with Gasteiger partial charge in [-0.3, -0.25) is 4.90 Å². The van der Waals surface area contributed by atoms with Gasteiger partial charge in [0.1, 0.15) is 0 Å². The molecule has 0 aromatic heterocycles. The summed E-state index contributed by atoms with van der Waals surface area (Å²) in [6.07, 6.45) is 1.12. The number of hydrogen-bond donors (Lipinski definition) is 1. The molecular formula is C18H31N3. The van der Waals surface area contributed by atoms with E-state index in [2.05, 4.69) is 67.2 Å². The van der Waals surface area contributed by atoms with Gasteiger partial charge in [-0.2, -0.15) is 0 Å². The first-order chi connectivity index (χ1) is 10.1. The highest BCUT2D eigenvalue weighted by molar-refractivity contribution is 5.27. The van der Waals surface area contributed by atoms with Crippen molar-refractivity contribution in [2.24, 2.45) is 0 Å². The van der Waals surface area contributed by atoms with Crippen molar-refractivity contribution in [1.82, 2.24) is 15.1 Å². The Bertz CT molecular complexity index is 430. The van der Waals surface area contributed by atoms with Crippen LogP contribution in [0.25, 0.3) is 0 Å². The van der Waals surface area contributed by atoms with Crippen LogP contribution in [-0.4, -0.2) is 55.1 Å². The second kappa shape index (κ2) is 7.92. The van der Waals surface area contributed by atoms with E-state index >= 15 is 0 Å². The lowest BCUT2D eigenvalue weighted by Crippen LogP contribution is -2.49. The van der Waals surface area contributed by atoms with Crippen LogP contribution in [0.3, 0.4) is 0 Å². The fourth-order valence-electron chi connectivity index (χ4n) is 2.96. The minimum absolute atomic E-state index is 0.565. The molecule has 3 heteroatoms. The van der Waals surface area contributed by atoms with Crippen molar-refractivity contribution in [1.29, 1.82) is 0 Å². The van der Waals surface area contributed by atoms with Crippen LogP contribution in [0.4, 0.5) is 0 Å². The van der Waals surface area contributed by atoms with Crippen LogP contribution in [-0.2, 0) is 13.0 Å². The van der Waals surface area contributed by atoms with E-state index in [0.717, 1.165) is 19.5 Å².